The van der Waals surface area contributed by atoms with Gasteiger partial charge in [-0.3, -0.25) is 9.80 Å². The first-order valence-corrected chi connectivity index (χ1v) is 5.03. The number of rotatable bonds is 2. The summed E-state index contributed by atoms with van der Waals surface area (Å²) in [6.07, 6.45) is 0.328. The second-order valence-electron chi connectivity index (χ2n) is 3.55. The number of hydrogen-bond acceptors (Lipinski definition) is 2. The van der Waals surface area contributed by atoms with Crippen LogP contribution in [0.2, 0.25) is 0 Å². The Kier molecular flexibility index (Phi) is 2.68. The second-order valence-corrected chi connectivity index (χ2v) is 3.55. The van der Waals surface area contributed by atoms with E-state index in [0.29, 0.717) is 18.5 Å². The van der Waals surface area contributed by atoms with Crippen LogP contribution in [0.1, 0.15) is 24.9 Å². The Balaban J connectivity index is 2.21. The van der Waals surface area contributed by atoms with Crippen LogP contribution in [-0.4, -0.2) is 17.5 Å². The van der Waals surface area contributed by atoms with E-state index in [1.54, 1.807) is 18.2 Å². The van der Waals surface area contributed by atoms with Crippen LogP contribution in [0.25, 0.3) is 0 Å². The molecule has 0 radical (unpaired) electrons. The van der Waals surface area contributed by atoms with Gasteiger partial charge >= 0.3 is 0 Å². The van der Waals surface area contributed by atoms with Gasteiger partial charge in [0.2, 0.25) is 5.91 Å². The summed E-state index contributed by atoms with van der Waals surface area (Å²) in [5, 5.41) is 1.52. The van der Waals surface area contributed by atoms with Gasteiger partial charge in [-0.2, -0.15) is 0 Å². The standard InChI is InChI=1S/C11H13FN2O/c1-2-14-11(15)7-10(13-14)8-5-3-4-6-9(8)12/h3-6,10,13H,2,7H2,1H3. The predicted octanol–water partition coefficient (Wildman–Crippen LogP) is 1.62. The van der Waals surface area contributed by atoms with E-state index in [2.05, 4.69) is 5.43 Å². The van der Waals surface area contributed by atoms with Crippen molar-refractivity contribution in [2.24, 2.45) is 0 Å². The van der Waals surface area contributed by atoms with Gasteiger partial charge in [-0.15, -0.1) is 0 Å². The number of benzene rings is 1. The summed E-state index contributed by atoms with van der Waals surface area (Å²) >= 11 is 0. The van der Waals surface area contributed by atoms with Gasteiger partial charge in [-0.25, -0.2) is 9.82 Å². The molecule has 1 unspecified atom stereocenters. The molecule has 80 valence electrons. The number of hydrazine groups is 1. The highest BCUT2D eigenvalue weighted by molar-refractivity contribution is 5.78. The van der Waals surface area contributed by atoms with Gasteiger partial charge < -0.3 is 0 Å². The van der Waals surface area contributed by atoms with E-state index in [4.69, 9.17) is 0 Å². The summed E-state index contributed by atoms with van der Waals surface area (Å²) in [5.74, 6) is -0.244. The fourth-order valence-corrected chi connectivity index (χ4v) is 1.80. The molecule has 2 rings (SSSR count). The summed E-state index contributed by atoms with van der Waals surface area (Å²) in [6.45, 7) is 2.48. The van der Waals surface area contributed by atoms with Crippen molar-refractivity contribution in [2.75, 3.05) is 6.54 Å². The van der Waals surface area contributed by atoms with E-state index in [0.717, 1.165) is 0 Å². The lowest BCUT2D eigenvalue weighted by molar-refractivity contribution is -0.129. The smallest absolute Gasteiger partial charge is 0.238 e. The van der Waals surface area contributed by atoms with Crippen LogP contribution in [0, 0.1) is 5.82 Å². The monoisotopic (exact) mass is 208 g/mol. The first kappa shape index (κ1) is 10.1. The highest BCUT2D eigenvalue weighted by atomic mass is 19.1. The molecule has 1 atom stereocenters. The fraction of sp³-hybridized carbons (Fsp3) is 0.364. The van der Waals surface area contributed by atoms with E-state index in [1.807, 2.05) is 6.92 Å². The predicted molar refractivity (Wildman–Crippen MR) is 54.3 cm³/mol. The van der Waals surface area contributed by atoms with Crippen molar-refractivity contribution in [2.45, 2.75) is 19.4 Å². The molecule has 1 amide bonds. The molecule has 3 nitrogen and oxygen atoms in total. The van der Waals surface area contributed by atoms with Crippen molar-refractivity contribution in [3.05, 3.63) is 35.6 Å². The van der Waals surface area contributed by atoms with E-state index >= 15 is 0 Å². The second kappa shape index (κ2) is 3.98. The molecule has 1 heterocycles. The molecule has 4 heteroatoms. The first-order valence-electron chi connectivity index (χ1n) is 5.03. The van der Waals surface area contributed by atoms with Gasteiger partial charge in [-0.05, 0) is 13.0 Å². The van der Waals surface area contributed by atoms with Gasteiger partial charge in [0, 0.05) is 18.5 Å². The number of carbonyl (C=O) groups excluding carboxylic acids is 1. The van der Waals surface area contributed by atoms with Gasteiger partial charge in [0.15, 0.2) is 0 Å². The molecule has 0 bridgehead atoms. The summed E-state index contributed by atoms with van der Waals surface area (Å²) in [7, 11) is 0. The highest BCUT2D eigenvalue weighted by Gasteiger charge is 2.30. The first-order chi connectivity index (χ1) is 7.22. The van der Waals surface area contributed by atoms with Crippen LogP contribution < -0.4 is 5.43 Å². The lowest BCUT2D eigenvalue weighted by Crippen LogP contribution is -2.34. The molecule has 15 heavy (non-hydrogen) atoms. The number of carbonyl (C=O) groups is 1. The van der Waals surface area contributed by atoms with Crippen LogP contribution in [0.15, 0.2) is 24.3 Å². The van der Waals surface area contributed by atoms with Crippen LogP contribution in [0.4, 0.5) is 4.39 Å². The van der Waals surface area contributed by atoms with Crippen molar-refractivity contribution < 1.29 is 9.18 Å². The zero-order valence-electron chi connectivity index (χ0n) is 8.53. The summed E-state index contributed by atoms with van der Waals surface area (Å²) in [4.78, 5) is 11.4. The van der Waals surface area contributed by atoms with E-state index in [-0.39, 0.29) is 17.8 Å². The quantitative estimate of drug-likeness (QED) is 0.801. The molecular formula is C11H13FN2O. The van der Waals surface area contributed by atoms with Crippen molar-refractivity contribution in [1.82, 2.24) is 10.4 Å². The topological polar surface area (TPSA) is 32.3 Å². The van der Waals surface area contributed by atoms with Crippen LogP contribution in [-0.2, 0) is 4.79 Å². The Labute approximate surface area is 87.9 Å². The van der Waals surface area contributed by atoms with E-state index < -0.39 is 0 Å². The molecule has 0 saturated carbocycles. The van der Waals surface area contributed by atoms with Gasteiger partial charge in [-0.1, -0.05) is 18.2 Å². The average molecular weight is 208 g/mol. The summed E-state index contributed by atoms with van der Waals surface area (Å²) in [5.41, 5.74) is 3.55. The van der Waals surface area contributed by atoms with Crippen molar-refractivity contribution in [3.8, 4) is 0 Å². The molecule has 0 spiro atoms. The third kappa shape index (κ3) is 1.85. The fourth-order valence-electron chi connectivity index (χ4n) is 1.80. The minimum atomic E-state index is -0.263. The molecular weight excluding hydrogens is 195 g/mol. The van der Waals surface area contributed by atoms with Gasteiger partial charge in [0.25, 0.3) is 0 Å². The van der Waals surface area contributed by atoms with Crippen LogP contribution >= 0.6 is 0 Å². The minimum Gasteiger partial charge on any atom is -0.278 e. The summed E-state index contributed by atoms with van der Waals surface area (Å²) < 4.78 is 13.4. The van der Waals surface area contributed by atoms with Crippen molar-refractivity contribution in [3.63, 3.8) is 0 Å². The maximum Gasteiger partial charge on any atom is 0.238 e. The number of amides is 1. The Bertz CT molecular complexity index is 381. The van der Waals surface area contributed by atoms with Gasteiger partial charge in [0.05, 0.1) is 6.04 Å². The number of nitrogens with one attached hydrogen (secondary N) is 1. The summed E-state index contributed by atoms with van der Waals surface area (Å²) in [6, 6.07) is 6.32. The normalized spacial score (nSPS) is 21.1. The van der Waals surface area contributed by atoms with Gasteiger partial charge in [0.1, 0.15) is 5.82 Å². The molecule has 1 aromatic carbocycles. The zero-order chi connectivity index (χ0) is 10.8. The molecule has 1 fully saturated rings. The molecule has 1 saturated heterocycles. The van der Waals surface area contributed by atoms with E-state index in [1.165, 1.54) is 11.1 Å². The number of halogens is 1. The number of nitrogens with zero attached hydrogens (tertiary/aromatic N) is 1. The van der Waals surface area contributed by atoms with Crippen LogP contribution in [0.5, 0.6) is 0 Å². The number of hydrogen-bond donors (Lipinski definition) is 1. The van der Waals surface area contributed by atoms with E-state index in [9.17, 15) is 9.18 Å². The SMILES string of the molecule is CCN1NC(c2ccccc2F)CC1=O. The Morgan fingerprint density at radius 3 is 2.87 bits per heavy atom. The molecule has 1 N–H and O–H groups in total. The Morgan fingerprint density at radius 2 is 2.27 bits per heavy atom. The molecule has 1 aliphatic heterocycles. The molecule has 0 aliphatic carbocycles. The molecule has 1 aromatic rings. The highest BCUT2D eigenvalue weighted by Crippen LogP contribution is 2.25. The average Bonchev–Trinajstić information content (AvgIpc) is 2.60. The Hall–Kier alpha value is -1.42. The van der Waals surface area contributed by atoms with Crippen LogP contribution in [0.3, 0.4) is 0 Å². The third-order valence-corrected chi connectivity index (χ3v) is 2.59. The molecule has 0 aromatic heterocycles. The van der Waals surface area contributed by atoms with Crippen molar-refractivity contribution in [1.29, 1.82) is 0 Å². The zero-order valence-corrected chi connectivity index (χ0v) is 8.53. The Morgan fingerprint density at radius 1 is 1.53 bits per heavy atom. The third-order valence-electron chi connectivity index (χ3n) is 2.59. The lowest BCUT2D eigenvalue weighted by Gasteiger charge is -2.16. The minimum absolute atomic E-state index is 0.0192. The van der Waals surface area contributed by atoms with Crippen molar-refractivity contribution >= 4 is 5.91 Å². The lowest BCUT2D eigenvalue weighted by atomic mass is 10.1. The largest absolute Gasteiger partial charge is 0.278 e. The molecule has 1 aliphatic rings. The maximum atomic E-state index is 13.4. The maximum absolute atomic E-state index is 13.4.